The van der Waals surface area contributed by atoms with Crippen molar-refractivity contribution in [2.45, 2.75) is 52.6 Å². The van der Waals surface area contributed by atoms with Crippen molar-refractivity contribution in [1.82, 2.24) is 15.5 Å². The predicted octanol–water partition coefficient (Wildman–Crippen LogP) is 2.44. The largest absolute Gasteiger partial charge is 0.494 e. The zero-order chi connectivity index (χ0) is 19.8. The molecule has 0 unspecified atom stereocenters. The highest BCUT2D eigenvalue weighted by molar-refractivity contribution is 5.97. The van der Waals surface area contributed by atoms with E-state index in [0.717, 1.165) is 38.2 Å². The van der Waals surface area contributed by atoms with Crippen LogP contribution >= 0.6 is 0 Å². The van der Waals surface area contributed by atoms with E-state index in [1.165, 1.54) is 0 Å². The Kier molecular flexibility index (Phi) is 8.10. The van der Waals surface area contributed by atoms with E-state index in [1.54, 1.807) is 24.3 Å². The zero-order valence-corrected chi connectivity index (χ0v) is 17.0. The standard InChI is InChI=1S/C21H33N3O3/c1-5-24-13-11-17(12-14-24)22-21(26)19(15(3)4)23-20(25)16-7-9-18(10-8-16)27-6-2/h7-10,15,17,19H,5-6,11-14H2,1-4H3,(H,22,26)(H,23,25)/t19-/m0/s1. The van der Waals surface area contributed by atoms with E-state index in [2.05, 4.69) is 22.5 Å². The highest BCUT2D eigenvalue weighted by Gasteiger charge is 2.28. The molecule has 1 atom stereocenters. The Morgan fingerprint density at radius 3 is 2.30 bits per heavy atom. The van der Waals surface area contributed by atoms with Crippen LogP contribution in [0, 0.1) is 5.92 Å². The predicted molar refractivity (Wildman–Crippen MR) is 107 cm³/mol. The smallest absolute Gasteiger partial charge is 0.251 e. The maximum Gasteiger partial charge on any atom is 0.251 e. The first-order valence-electron chi connectivity index (χ1n) is 10.0. The number of piperidine rings is 1. The van der Waals surface area contributed by atoms with Crippen molar-refractivity contribution in [3.8, 4) is 5.75 Å². The molecule has 1 aromatic carbocycles. The summed E-state index contributed by atoms with van der Waals surface area (Å²) in [4.78, 5) is 27.7. The van der Waals surface area contributed by atoms with Crippen molar-refractivity contribution in [1.29, 1.82) is 0 Å². The Hall–Kier alpha value is -2.08. The molecule has 1 aromatic rings. The van der Waals surface area contributed by atoms with E-state index in [4.69, 9.17) is 4.74 Å². The molecule has 1 aliphatic heterocycles. The first-order chi connectivity index (χ1) is 12.9. The zero-order valence-electron chi connectivity index (χ0n) is 17.0. The van der Waals surface area contributed by atoms with Crippen LogP contribution < -0.4 is 15.4 Å². The maximum atomic E-state index is 12.8. The molecule has 150 valence electrons. The molecule has 2 amide bonds. The molecule has 0 bridgehead atoms. The summed E-state index contributed by atoms with van der Waals surface area (Å²) in [6, 6.07) is 6.61. The summed E-state index contributed by atoms with van der Waals surface area (Å²) in [5.41, 5.74) is 0.521. The van der Waals surface area contributed by atoms with Gasteiger partial charge in [0.25, 0.3) is 5.91 Å². The first kappa shape index (κ1) is 21.2. The second-order valence-corrected chi connectivity index (χ2v) is 7.37. The quantitative estimate of drug-likeness (QED) is 0.732. The average molecular weight is 376 g/mol. The molecule has 27 heavy (non-hydrogen) atoms. The Balaban J connectivity index is 1.93. The van der Waals surface area contributed by atoms with E-state index < -0.39 is 6.04 Å². The number of carbonyl (C=O) groups is 2. The number of hydrogen-bond donors (Lipinski definition) is 2. The van der Waals surface area contributed by atoms with Crippen LogP contribution in [0.1, 0.15) is 50.9 Å². The minimum atomic E-state index is -0.548. The van der Waals surface area contributed by atoms with E-state index >= 15 is 0 Å². The van der Waals surface area contributed by atoms with Gasteiger partial charge in [0.15, 0.2) is 0 Å². The lowest BCUT2D eigenvalue weighted by atomic mass is 10.00. The Labute approximate surface area is 162 Å². The lowest BCUT2D eigenvalue weighted by Crippen LogP contribution is -2.54. The third-order valence-corrected chi connectivity index (χ3v) is 5.04. The molecule has 1 saturated heterocycles. The third-order valence-electron chi connectivity index (χ3n) is 5.04. The number of benzene rings is 1. The number of likely N-dealkylation sites (tertiary alicyclic amines) is 1. The fourth-order valence-corrected chi connectivity index (χ4v) is 3.31. The van der Waals surface area contributed by atoms with Crippen LogP contribution in [-0.2, 0) is 4.79 Å². The van der Waals surface area contributed by atoms with Crippen LogP contribution in [0.15, 0.2) is 24.3 Å². The van der Waals surface area contributed by atoms with Crippen molar-refractivity contribution in [2.24, 2.45) is 5.92 Å². The summed E-state index contributed by atoms with van der Waals surface area (Å²) >= 11 is 0. The van der Waals surface area contributed by atoms with Crippen LogP contribution in [0.25, 0.3) is 0 Å². The second-order valence-electron chi connectivity index (χ2n) is 7.37. The number of nitrogens with one attached hydrogen (secondary N) is 2. The van der Waals surface area contributed by atoms with Crippen LogP contribution in [0.4, 0.5) is 0 Å². The summed E-state index contributed by atoms with van der Waals surface area (Å²) in [5, 5.41) is 6.02. The minimum Gasteiger partial charge on any atom is -0.494 e. The third kappa shape index (κ3) is 6.24. The van der Waals surface area contributed by atoms with Gasteiger partial charge >= 0.3 is 0 Å². The summed E-state index contributed by atoms with van der Waals surface area (Å²) in [5.74, 6) is 0.393. The SMILES string of the molecule is CCOc1ccc(C(=O)N[C@H](C(=O)NC2CCN(CC)CC2)C(C)C)cc1. The summed E-state index contributed by atoms with van der Waals surface area (Å²) in [6.07, 6.45) is 1.91. The van der Waals surface area contributed by atoms with Gasteiger partial charge in [0.1, 0.15) is 11.8 Å². The van der Waals surface area contributed by atoms with Gasteiger partial charge in [-0.3, -0.25) is 9.59 Å². The van der Waals surface area contributed by atoms with Gasteiger partial charge in [-0.1, -0.05) is 20.8 Å². The van der Waals surface area contributed by atoms with Gasteiger partial charge < -0.3 is 20.3 Å². The molecule has 1 aliphatic rings. The number of rotatable bonds is 8. The van der Waals surface area contributed by atoms with Crippen LogP contribution in [0.2, 0.25) is 0 Å². The monoisotopic (exact) mass is 375 g/mol. The van der Waals surface area contributed by atoms with E-state index in [-0.39, 0.29) is 23.8 Å². The Morgan fingerprint density at radius 1 is 1.15 bits per heavy atom. The molecular weight excluding hydrogens is 342 g/mol. The van der Waals surface area contributed by atoms with Crippen molar-refractivity contribution in [2.75, 3.05) is 26.2 Å². The molecule has 0 radical (unpaired) electrons. The number of hydrogen-bond acceptors (Lipinski definition) is 4. The Bertz CT molecular complexity index is 608. The van der Waals surface area contributed by atoms with Gasteiger partial charge in [0.05, 0.1) is 6.61 Å². The van der Waals surface area contributed by atoms with E-state index in [1.807, 2.05) is 20.8 Å². The molecule has 0 saturated carbocycles. The average Bonchev–Trinajstić information content (AvgIpc) is 2.67. The lowest BCUT2D eigenvalue weighted by molar-refractivity contribution is -0.125. The van der Waals surface area contributed by atoms with Gasteiger partial charge in [-0.25, -0.2) is 0 Å². The van der Waals surface area contributed by atoms with E-state index in [9.17, 15) is 9.59 Å². The fourth-order valence-electron chi connectivity index (χ4n) is 3.31. The molecule has 0 aromatic heterocycles. The summed E-state index contributed by atoms with van der Waals surface area (Å²) in [6.45, 7) is 11.6. The second kappa shape index (κ2) is 10.3. The van der Waals surface area contributed by atoms with Crippen molar-refractivity contribution in [3.05, 3.63) is 29.8 Å². The summed E-state index contributed by atoms with van der Waals surface area (Å²) < 4.78 is 5.40. The van der Waals surface area contributed by atoms with Crippen molar-refractivity contribution < 1.29 is 14.3 Å². The van der Waals surface area contributed by atoms with Crippen molar-refractivity contribution >= 4 is 11.8 Å². The molecule has 0 spiro atoms. The molecular formula is C21H33N3O3. The molecule has 6 heteroatoms. The number of nitrogens with zero attached hydrogens (tertiary/aromatic N) is 1. The molecule has 6 nitrogen and oxygen atoms in total. The Morgan fingerprint density at radius 2 is 1.78 bits per heavy atom. The van der Waals surface area contributed by atoms with Crippen LogP contribution in [0.5, 0.6) is 5.75 Å². The van der Waals surface area contributed by atoms with Crippen LogP contribution in [0.3, 0.4) is 0 Å². The van der Waals surface area contributed by atoms with Gasteiger partial charge in [-0.05, 0) is 56.5 Å². The summed E-state index contributed by atoms with van der Waals surface area (Å²) in [7, 11) is 0. The van der Waals surface area contributed by atoms with Gasteiger partial charge in [-0.2, -0.15) is 0 Å². The molecule has 2 N–H and O–H groups in total. The molecule has 2 rings (SSSR count). The highest BCUT2D eigenvalue weighted by Crippen LogP contribution is 2.14. The normalized spacial score (nSPS) is 16.8. The van der Waals surface area contributed by atoms with Crippen LogP contribution in [-0.4, -0.2) is 55.0 Å². The lowest BCUT2D eigenvalue weighted by Gasteiger charge is -2.33. The fraction of sp³-hybridized carbons (Fsp3) is 0.619. The van der Waals surface area contributed by atoms with Gasteiger partial charge in [-0.15, -0.1) is 0 Å². The number of amides is 2. The van der Waals surface area contributed by atoms with Crippen molar-refractivity contribution in [3.63, 3.8) is 0 Å². The number of carbonyl (C=O) groups excluding carboxylic acids is 2. The van der Waals surface area contributed by atoms with Gasteiger partial charge in [0, 0.05) is 24.7 Å². The van der Waals surface area contributed by atoms with E-state index in [0.29, 0.717) is 12.2 Å². The maximum absolute atomic E-state index is 12.8. The van der Waals surface area contributed by atoms with Gasteiger partial charge in [0.2, 0.25) is 5.91 Å². The topological polar surface area (TPSA) is 70.7 Å². The minimum absolute atomic E-state index is 0.00683. The molecule has 1 heterocycles. The molecule has 0 aliphatic carbocycles. The highest BCUT2D eigenvalue weighted by atomic mass is 16.5. The first-order valence-corrected chi connectivity index (χ1v) is 10.0. The molecule has 1 fully saturated rings. The number of ether oxygens (including phenoxy) is 1.